The fraction of sp³-hybridized carbons (Fsp3) is 0.158. The fourth-order valence-electron chi connectivity index (χ4n) is 2.45. The molecule has 0 unspecified atom stereocenters. The topological polar surface area (TPSA) is 16.4 Å². The molecule has 1 heterocycles. The molecule has 0 atom stereocenters. The van der Waals surface area contributed by atoms with Gasteiger partial charge in [-0.25, -0.2) is 0 Å². The van der Waals surface area contributed by atoms with E-state index in [1.807, 2.05) is 18.4 Å². The van der Waals surface area contributed by atoms with Crippen molar-refractivity contribution in [3.8, 4) is 0 Å². The van der Waals surface area contributed by atoms with Gasteiger partial charge in [-0.2, -0.15) is 0 Å². The number of halogens is 1. The second-order valence-electron chi connectivity index (χ2n) is 5.41. The van der Waals surface area contributed by atoms with Gasteiger partial charge in [0.15, 0.2) is 0 Å². The molecule has 3 rings (SSSR count). The summed E-state index contributed by atoms with van der Waals surface area (Å²) in [5, 5.41) is 1.20. The van der Waals surface area contributed by atoms with Crippen LogP contribution in [-0.4, -0.2) is 18.5 Å². The van der Waals surface area contributed by atoms with Gasteiger partial charge in [-0.15, -0.1) is 0 Å². The van der Waals surface area contributed by atoms with E-state index in [0.29, 0.717) is 0 Å². The molecule has 0 saturated heterocycles. The molecule has 0 aliphatic rings. The zero-order valence-corrected chi connectivity index (χ0v) is 14.1. The lowest BCUT2D eigenvalue weighted by Gasteiger charge is -2.13. The third kappa shape index (κ3) is 3.67. The predicted molar refractivity (Wildman–Crippen MR) is 95.7 cm³/mol. The molecule has 3 heteroatoms. The lowest BCUT2D eigenvalue weighted by Crippen LogP contribution is -2.17. The molecule has 0 amide bonds. The van der Waals surface area contributed by atoms with Crippen LogP contribution in [0.15, 0.2) is 69.8 Å². The lowest BCUT2D eigenvalue weighted by molar-refractivity contribution is 0.363. The van der Waals surface area contributed by atoms with Crippen molar-refractivity contribution < 1.29 is 4.42 Å². The molecule has 22 heavy (non-hydrogen) atoms. The molecular formula is C19H18BrNO. The monoisotopic (exact) mass is 355 g/mol. The van der Waals surface area contributed by atoms with Crippen LogP contribution >= 0.6 is 15.9 Å². The molecule has 0 bridgehead atoms. The Morgan fingerprint density at radius 2 is 1.86 bits per heavy atom. The summed E-state index contributed by atoms with van der Waals surface area (Å²) in [4.78, 5) is 2.27. The zero-order valence-electron chi connectivity index (χ0n) is 12.5. The summed E-state index contributed by atoms with van der Waals surface area (Å²) in [6, 6.07) is 16.5. The molecule has 1 aromatic heterocycles. The van der Waals surface area contributed by atoms with Crippen LogP contribution in [0.5, 0.6) is 0 Å². The molecule has 0 fully saturated rings. The van der Waals surface area contributed by atoms with Crippen molar-refractivity contribution in [2.75, 3.05) is 13.6 Å². The van der Waals surface area contributed by atoms with Crippen LogP contribution in [0.3, 0.4) is 0 Å². The van der Waals surface area contributed by atoms with Gasteiger partial charge in [-0.1, -0.05) is 58.4 Å². The summed E-state index contributed by atoms with van der Waals surface area (Å²) in [5.74, 6) is 0. The summed E-state index contributed by atoms with van der Waals surface area (Å²) in [6.07, 6.45) is 6.20. The molecule has 0 spiro atoms. The molecule has 0 aliphatic carbocycles. The van der Waals surface area contributed by atoms with Crippen LogP contribution in [-0.2, 0) is 6.54 Å². The smallest absolute Gasteiger partial charge is 0.134 e. The van der Waals surface area contributed by atoms with Crippen molar-refractivity contribution in [2.24, 2.45) is 0 Å². The van der Waals surface area contributed by atoms with Crippen LogP contribution in [0.4, 0.5) is 0 Å². The van der Waals surface area contributed by atoms with E-state index < -0.39 is 0 Å². The van der Waals surface area contributed by atoms with E-state index in [0.717, 1.165) is 23.1 Å². The number of hydrogen-bond acceptors (Lipinski definition) is 2. The van der Waals surface area contributed by atoms with Crippen molar-refractivity contribution in [3.63, 3.8) is 0 Å². The van der Waals surface area contributed by atoms with Crippen molar-refractivity contribution in [1.29, 1.82) is 0 Å². The van der Waals surface area contributed by atoms with E-state index in [4.69, 9.17) is 4.42 Å². The van der Waals surface area contributed by atoms with E-state index in [-0.39, 0.29) is 0 Å². The predicted octanol–water partition coefficient (Wildman–Crippen LogP) is 5.34. The van der Waals surface area contributed by atoms with Gasteiger partial charge in [-0.3, -0.25) is 4.90 Å². The summed E-state index contributed by atoms with van der Waals surface area (Å²) in [6.45, 7) is 1.78. The van der Waals surface area contributed by atoms with Crippen LogP contribution < -0.4 is 0 Å². The molecule has 0 saturated carbocycles. The molecular weight excluding hydrogens is 338 g/mol. The highest BCUT2D eigenvalue weighted by Crippen LogP contribution is 2.21. The number of hydrogen-bond donors (Lipinski definition) is 0. The van der Waals surface area contributed by atoms with E-state index in [2.05, 4.69) is 76.4 Å². The van der Waals surface area contributed by atoms with Gasteiger partial charge in [0.2, 0.25) is 0 Å². The Kier molecular flexibility index (Phi) is 4.76. The van der Waals surface area contributed by atoms with Crippen LogP contribution in [0, 0.1) is 0 Å². The molecule has 2 nitrogen and oxygen atoms in total. The average molecular weight is 356 g/mol. The van der Waals surface area contributed by atoms with Gasteiger partial charge in [0.1, 0.15) is 5.58 Å². The van der Waals surface area contributed by atoms with Crippen molar-refractivity contribution in [2.45, 2.75) is 6.54 Å². The third-order valence-electron chi connectivity index (χ3n) is 3.60. The molecule has 3 aromatic rings. The minimum Gasteiger partial charge on any atom is -0.464 e. The van der Waals surface area contributed by atoms with E-state index in [9.17, 15) is 0 Å². The highest BCUT2D eigenvalue weighted by Gasteiger charge is 2.06. The summed E-state index contributed by atoms with van der Waals surface area (Å²) < 4.78 is 6.69. The largest absolute Gasteiger partial charge is 0.464 e. The minimum atomic E-state index is 0.877. The Balaban J connectivity index is 1.60. The van der Waals surface area contributed by atoms with E-state index in [1.54, 1.807) is 0 Å². The van der Waals surface area contributed by atoms with Crippen molar-refractivity contribution >= 4 is 33.0 Å². The Labute approximate surface area is 139 Å². The average Bonchev–Trinajstić information content (AvgIpc) is 2.93. The Morgan fingerprint density at radius 3 is 2.68 bits per heavy atom. The quantitative estimate of drug-likeness (QED) is 0.614. The maximum Gasteiger partial charge on any atom is 0.134 e. The van der Waals surface area contributed by atoms with E-state index in [1.165, 1.54) is 16.5 Å². The summed E-state index contributed by atoms with van der Waals surface area (Å²) in [5.41, 5.74) is 3.40. The number of para-hydroxylation sites is 1. The first-order valence-corrected chi connectivity index (χ1v) is 8.07. The SMILES string of the molecule is CN(CC=Cc1ccc(Br)cc1)Cc1coc2ccccc12. The fourth-order valence-corrected chi connectivity index (χ4v) is 2.72. The highest BCUT2D eigenvalue weighted by molar-refractivity contribution is 9.10. The maximum absolute atomic E-state index is 5.59. The third-order valence-corrected chi connectivity index (χ3v) is 4.13. The van der Waals surface area contributed by atoms with E-state index >= 15 is 0 Å². The standard InChI is InChI=1S/C19H18BrNO/c1-21(12-4-5-15-8-10-17(20)11-9-15)13-16-14-22-19-7-3-2-6-18(16)19/h2-11,14H,12-13H2,1H3. The van der Waals surface area contributed by atoms with Gasteiger partial charge in [0, 0.05) is 28.5 Å². The van der Waals surface area contributed by atoms with Gasteiger partial charge in [-0.05, 0) is 30.8 Å². The number of likely N-dealkylation sites (N-methyl/N-ethyl adjacent to an activating group) is 1. The Morgan fingerprint density at radius 1 is 1.09 bits per heavy atom. The molecule has 0 N–H and O–H groups in total. The first-order chi connectivity index (χ1) is 10.7. The Bertz CT molecular complexity index is 773. The highest BCUT2D eigenvalue weighted by atomic mass is 79.9. The second kappa shape index (κ2) is 6.95. The van der Waals surface area contributed by atoms with Gasteiger partial charge in [0.05, 0.1) is 6.26 Å². The number of furan rings is 1. The molecule has 0 aliphatic heterocycles. The minimum absolute atomic E-state index is 0.877. The maximum atomic E-state index is 5.59. The first-order valence-electron chi connectivity index (χ1n) is 7.28. The first kappa shape index (κ1) is 15.1. The molecule has 112 valence electrons. The zero-order chi connectivity index (χ0) is 15.4. The second-order valence-corrected chi connectivity index (χ2v) is 6.32. The van der Waals surface area contributed by atoms with Crippen LogP contribution in [0.2, 0.25) is 0 Å². The van der Waals surface area contributed by atoms with Gasteiger partial charge < -0.3 is 4.42 Å². The number of benzene rings is 2. The molecule has 2 aromatic carbocycles. The Hall–Kier alpha value is -1.84. The van der Waals surface area contributed by atoms with Crippen molar-refractivity contribution in [3.05, 3.63) is 76.5 Å². The number of rotatable bonds is 5. The lowest BCUT2D eigenvalue weighted by atomic mass is 10.1. The van der Waals surface area contributed by atoms with Gasteiger partial charge >= 0.3 is 0 Å². The summed E-state index contributed by atoms with van der Waals surface area (Å²) >= 11 is 3.45. The number of nitrogens with zero attached hydrogens (tertiary/aromatic N) is 1. The number of fused-ring (bicyclic) bond motifs is 1. The van der Waals surface area contributed by atoms with Gasteiger partial charge in [0.25, 0.3) is 0 Å². The van der Waals surface area contributed by atoms with Crippen LogP contribution in [0.1, 0.15) is 11.1 Å². The summed E-state index contributed by atoms with van der Waals surface area (Å²) in [7, 11) is 2.12. The normalized spacial score (nSPS) is 11.8. The molecule has 0 radical (unpaired) electrons. The van der Waals surface area contributed by atoms with Crippen molar-refractivity contribution in [1.82, 2.24) is 4.90 Å². The van der Waals surface area contributed by atoms with Crippen LogP contribution in [0.25, 0.3) is 17.0 Å².